The normalized spacial score (nSPS) is 11.9. The van der Waals surface area contributed by atoms with E-state index < -0.39 is 27.3 Å². The van der Waals surface area contributed by atoms with Gasteiger partial charge in [0.2, 0.25) is 0 Å². The quantitative estimate of drug-likeness (QED) is 0.300. The molecule has 0 aliphatic rings. The molecule has 3 aromatic rings. The number of phenolic OH excluding ortho intramolecular Hbond substituents is 1. The highest BCUT2D eigenvalue weighted by Gasteiger charge is 2.48. The largest absolute Gasteiger partial charge is 0.534 e. The standard InChI is InChI=1S/C18H12ClF3N2O5S/c19-13-9-10(5-7-15(13)25)17(26)24-23-14-6-8-16(12-4-2-1-3-11(12)14)29-30(27,28)18(20,21)22/h1-9,23,25H,(H,24,26). The van der Waals surface area contributed by atoms with Crippen LogP contribution >= 0.6 is 11.6 Å². The minimum atomic E-state index is -5.85. The number of phenols is 1. The van der Waals surface area contributed by atoms with Gasteiger partial charge in [-0.25, -0.2) is 0 Å². The number of carbonyl (C=O) groups is 1. The van der Waals surface area contributed by atoms with Crippen molar-refractivity contribution in [3.8, 4) is 11.5 Å². The van der Waals surface area contributed by atoms with Crippen molar-refractivity contribution < 1.29 is 35.7 Å². The lowest BCUT2D eigenvalue weighted by molar-refractivity contribution is -0.0499. The number of halogens is 4. The van der Waals surface area contributed by atoms with Crippen LogP contribution in [0.15, 0.2) is 54.6 Å². The van der Waals surface area contributed by atoms with Gasteiger partial charge >= 0.3 is 15.6 Å². The van der Waals surface area contributed by atoms with Crippen molar-refractivity contribution >= 4 is 44.1 Å². The van der Waals surface area contributed by atoms with Gasteiger partial charge in [-0.2, -0.15) is 21.6 Å². The summed E-state index contributed by atoms with van der Waals surface area (Å²) in [6.07, 6.45) is 0. The zero-order valence-electron chi connectivity index (χ0n) is 14.7. The third-order valence-corrected chi connectivity index (χ3v) is 5.16. The van der Waals surface area contributed by atoms with Crippen LogP contribution in [0.4, 0.5) is 18.9 Å². The van der Waals surface area contributed by atoms with Crippen molar-refractivity contribution in [2.24, 2.45) is 0 Å². The molecule has 3 rings (SSSR count). The second-order valence-electron chi connectivity index (χ2n) is 5.89. The molecule has 0 aliphatic heterocycles. The summed E-state index contributed by atoms with van der Waals surface area (Å²) >= 11 is 5.76. The summed E-state index contributed by atoms with van der Waals surface area (Å²) in [6.45, 7) is 0. The molecule has 158 valence electrons. The van der Waals surface area contributed by atoms with E-state index >= 15 is 0 Å². The van der Waals surface area contributed by atoms with Crippen LogP contribution in [0, 0.1) is 0 Å². The van der Waals surface area contributed by atoms with Gasteiger partial charge in [-0.15, -0.1) is 0 Å². The number of carbonyl (C=O) groups excluding carboxylic acids is 1. The molecule has 30 heavy (non-hydrogen) atoms. The van der Waals surface area contributed by atoms with Crippen molar-refractivity contribution in [2.75, 3.05) is 5.43 Å². The number of rotatable bonds is 5. The van der Waals surface area contributed by atoms with Crippen molar-refractivity contribution in [1.29, 1.82) is 0 Å². The number of nitrogens with one attached hydrogen (secondary N) is 2. The fourth-order valence-corrected chi connectivity index (χ4v) is 3.12. The number of hydrogen-bond donors (Lipinski definition) is 3. The van der Waals surface area contributed by atoms with Gasteiger partial charge < -0.3 is 9.29 Å². The highest BCUT2D eigenvalue weighted by atomic mass is 35.5. The van der Waals surface area contributed by atoms with E-state index in [0.717, 1.165) is 6.07 Å². The lowest BCUT2D eigenvalue weighted by Gasteiger charge is -2.15. The molecule has 0 radical (unpaired) electrons. The van der Waals surface area contributed by atoms with E-state index in [4.69, 9.17) is 11.6 Å². The fraction of sp³-hybridized carbons (Fsp3) is 0.0556. The maximum Gasteiger partial charge on any atom is 0.534 e. The predicted molar refractivity (Wildman–Crippen MR) is 104 cm³/mol. The lowest BCUT2D eigenvalue weighted by Crippen LogP contribution is -2.29. The molecular formula is C18H12ClF3N2O5S. The maximum atomic E-state index is 12.6. The zero-order valence-corrected chi connectivity index (χ0v) is 16.3. The Morgan fingerprint density at radius 1 is 1.03 bits per heavy atom. The molecule has 1 amide bonds. The fourth-order valence-electron chi connectivity index (χ4n) is 2.46. The molecule has 0 fully saturated rings. The minimum Gasteiger partial charge on any atom is -0.506 e. The van der Waals surface area contributed by atoms with E-state index in [1.165, 1.54) is 42.5 Å². The molecule has 3 N–H and O–H groups in total. The number of benzene rings is 3. The second-order valence-corrected chi connectivity index (χ2v) is 7.83. The SMILES string of the molecule is O=C(NNc1ccc(OS(=O)(=O)C(F)(F)F)c2ccccc12)c1ccc(O)c(Cl)c1. The summed E-state index contributed by atoms with van der Waals surface area (Å²) in [4.78, 5) is 12.2. The number of hydrogen-bond acceptors (Lipinski definition) is 6. The van der Waals surface area contributed by atoms with Crippen LogP contribution in [0.2, 0.25) is 5.02 Å². The van der Waals surface area contributed by atoms with Crippen LogP contribution in [0.5, 0.6) is 11.5 Å². The third kappa shape index (κ3) is 4.36. The van der Waals surface area contributed by atoms with E-state index in [1.807, 2.05) is 0 Å². The van der Waals surface area contributed by atoms with Gasteiger partial charge in [-0.05, 0) is 30.3 Å². The smallest absolute Gasteiger partial charge is 0.506 e. The van der Waals surface area contributed by atoms with Crippen molar-refractivity contribution in [2.45, 2.75) is 5.51 Å². The van der Waals surface area contributed by atoms with Gasteiger partial charge in [0.05, 0.1) is 10.7 Å². The van der Waals surface area contributed by atoms with Gasteiger partial charge in [-0.3, -0.25) is 15.6 Å². The summed E-state index contributed by atoms with van der Waals surface area (Å²) < 4.78 is 64.8. The Bertz CT molecular complexity index is 1230. The average molecular weight is 461 g/mol. The van der Waals surface area contributed by atoms with Crippen LogP contribution < -0.4 is 15.0 Å². The molecule has 7 nitrogen and oxygen atoms in total. The van der Waals surface area contributed by atoms with Gasteiger partial charge in [0.15, 0.2) is 5.75 Å². The molecule has 12 heteroatoms. The average Bonchev–Trinajstić information content (AvgIpc) is 2.68. The molecule has 0 atom stereocenters. The molecular weight excluding hydrogens is 449 g/mol. The number of aromatic hydroxyl groups is 1. The van der Waals surface area contributed by atoms with Crippen LogP contribution in [0.3, 0.4) is 0 Å². The van der Waals surface area contributed by atoms with E-state index in [9.17, 15) is 31.5 Å². The maximum absolute atomic E-state index is 12.6. The first-order valence-electron chi connectivity index (χ1n) is 8.07. The molecule has 0 saturated carbocycles. The monoisotopic (exact) mass is 460 g/mol. The molecule has 0 aromatic heterocycles. The first-order valence-corrected chi connectivity index (χ1v) is 9.85. The van der Waals surface area contributed by atoms with E-state index in [-0.39, 0.29) is 32.8 Å². The highest BCUT2D eigenvalue weighted by Crippen LogP contribution is 2.35. The first kappa shape index (κ1) is 21.5. The Hall–Kier alpha value is -3.18. The van der Waals surface area contributed by atoms with Gasteiger partial charge in [0.1, 0.15) is 5.75 Å². The minimum absolute atomic E-state index is 0.0273. The number of fused-ring (bicyclic) bond motifs is 1. The predicted octanol–water partition coefficient (Wildman–Crippen LogP) is 4.18. The molecule has 0 unspecified atom stereocenters. The van der Waals surface area contributed by atoms with Crippen LogP contribution in [-0.4, -0.2) is 24.9 Å². The summed E-state index contributed by atoms with van der Waals surface area (Å²) in [6, 6.07) is 12.0. The Morgan fingerprint density at radius 2 is 1.70 bits per heavy atom. The number of amides is 1. The molecule has 0 aliphatic carbocycles. The zero-order chi connectivity index (χ0) is 22.1. The summed E-state index contributed by atoms with van der Waals surface area (Å²) in [5.74, 6) is -1.33. The van der Waals surface area contributed by atoms with Gasteiger partial charge in [0, 0.05) is 16.3 Å². The molecule has 0 spiro atoms. The van der Waals surface area contributed by atoms with E-state index in [0.29, 0.717) is 0 Å². The molecule has 0 heterocycles. The second kappa shape index (κ2) is 7.92. The van der Waals surface area contributed by atoms with E-state index in [2.05, 4.69) is 15.0 Å². The number of anilines is 1. The van der Waals surface area contributed by atoms with Crippen molar-refractivity contribution in [3.05, 3.63) is 65.2 Å². The summed E-state index contributed by atoms with van der Waals surface area (Å²) in [7, 11) is -5.85. The molecule has 0 bridgehead atoms. The third-order valence-electron chi connectivity index (χ3n) is 3.89. The van der Waals surface area contributed by atoms with Gasteiger partial charge in [0.25, 0.3) is 5.91 Å². The number of hydrazine groups is 1. The van der Waals surface area contributed by atoms with Gasteiger partial charge in [-0.1, -0.05) is 35.9 Å². The molecule has 3 aromatic carbocycles. The van der Waals surface area contributed by atoms with Crippen LogP contribution in [0.25, 0.3) is 10.8 Å². The van der Waals surface area contributed by atoms with Crippen LogP contribution in [-0.2, 0) is 10.1 Å². The lowest BCUT2D eigenvalue weighted by atomic mass is 10.1. The number of alkyl halides is 3. The Morgan fingerprint density at radius 3 is 2.33 bits per heavy atom. The topological polar surface area (TPSA) is 105 Å². The summed E-state index contributed by atoms with van der Waals surface area (Å²) in [5.41, 5.74) is -0.198. The highest BCUT2D eigenvalue weighted by molar-refractivity contribution is 7.88. The Balaban J connectivity index is 1.87. The summed E-state index contributed by atoms with van der Waals surface area (Å²) in [5, 5.41) is 9.73. The molecule has 0 saturated heterocycles. The van der Waals surface area contributed by atoms with Crippen molar-refractivity contribution in [3.63, 3.8) is 0 Å². The van der Waals surface area contributed by atoms with E-state index in [1.54, 1.807) is 6.07 Å². The van der Waals surface area contributed by atoms with Crippen molar-refractivity contribution in [1.82, 2.24) is 5.43 Å². The first-order chi connectivity index (χ1) is 14.0. The Labute approximate surface area is 173 Å². The Kier molecular flexibility index (Phi) is 5.68. The van der Waals surface area contributed by atoms with Crippen LogP contribution in [0.1, 0.15) is 10.4 Å².